The first kappa shape index (κ1) is 16.0. The highest BCUT2D eigenvalue weighted by Crippen LogP contribution is 2.33. The fraction of sp³-hybridized carbons (Fsp3) is 0.500. The molecule has 0 bridgehead atoms. The molecule has 1 aliphatic carbocycles. The van der Waals surface area contributed by atoms with Crippen molar-refractivity contribution in [3.05, 3.63) is 33.3 Å². The Hall–Kier alpha value is -0.390. The van der Waals surface area contributed by atoms with Gasteiger partial charge in [-0.3, -0.25) is 4.79 Å². The van der Waals surface area contributed by atoms with Gasteiger partial charge in [0.05, 0.1) is 5.25 Å². The van der Waals surface area contributed by atoms with E-state index in [0.717, 1.165) is 12.8 Å². The molecule has 2 rings (SSSR count). The molecule has 0 amide bonds. The molecule has 1 fully saturated rings. The number of Topliss-reactive ketones (excluding diaryl/α,β-unsaturated/α-hetero) is 1. The molecule has 3 nitrogen and oxygen atoms in total. The summed E-state index contributed by atoms with van der Waals surface area (Å²) in [5, 5.41) is 0.169. The molecule has 1 saturated carbocycles. The second-order valence-electron chi connectivity index (χ2n) is 5.30. The second-order valence-corrected chi connectivity index (χ2v) is 8.92. The standard InChI is InChI=1S/C14H16BrClO3S/c1-20(18,19)11-4-2-3-9(7-11)14(17)12-6-5-10(16)8-13(12)15/h5-6,8-9,11H,2-4,7H2,1H3. The zero-order valence-corrected chi connectivity index (χ0v) is 14.3. The first-order valence-corrected chi connectivity index (χ1v) is 9.59. The number of carbonyl (C=O) groups is 1. The van der Waals surface area contributed by atoms with E-state index in [-0.39, 0.29) is 11.7 Å². The molecule has 2 unspecified atom stereocenters. The summed E-state index contributed by atoms with van der Waals surface area (Å²) >= 11 is 9.22. The summed E-state index contributed by atoms with van der Waals surface area (Å²) in [7, 11) is -3.08. The summed E-state index contributed by atoms with van der Waals surface area (Å²) in [5.74, 6) is -0.220. The summed E-state index contributed by atoms with van der Waals surface area (Å²) in [6.45, 7) is 0. The predicted octanol–water partition coefficient (Wildman–Crippen LogP) is 3.89. The Bertz CT molecular complexity index is 627. The van der Waals surface area contributed by atoms with Crippen LogP contribution in [0.1, 0.15) is 36.0 Å². The van der Waals surface area contributed by atoms with Gasteiger partial charge in [0.25, 0.3) is 0 Å². The average Bonchev–Trinajstić information content (AvgIpc) is 2.37. The van der Waals surface area contributed by atoms with Crippen LogP contribution in [0, 0.1) is 5.92 Å². The summed E-state index contributed by atoms with van der Waals surface area (Å²) in [5.41, 5.74) is 0.577. The van der Waals surface area contributed by atoms with Crippen molar-refractivity contribution < 1.29 is 13.2 Å². The van der Waals surface area contributed by atoms with E-state index in [4.69, 9.17) is 11.6 Å². The predicted molar refractivity (Wildman–Crippen MR) is 84.1 cm³/mol. The molecule has 0 radical (unpaired) electrons. The molecule has 0 aliphatic heterocycles. The summed E-state index contributed by atoms with van der Waals surface area (Å²) < 4.78 is 24.0. The van der Waals surface area contributed by atoms with Crippen LogP contribution in [-0.4, -0.2) is 25.7 Å². The van der Waals surface area contributed by atoms with Crippen LogP contribution in [0.15, 0.2) is 22.7 Å². The Morgan fingerprint density at radius 3 is 2.65 bits per heavy atom. The number of hydrogen-bond donors (Lipinski definition) is 0. The lowest BCUT2D eigenvalue weighted by Gasteiger charge is -2.27. The third kappa shape index (κ3) is 3.62. The Morgan fingerprint density at radius 2 is 2.05 bits per heavy atom. The molecular formula is C14H16BrClO3S. The molecule has 0 heterocycles. The largest absolute Gasteiger partial charge is 0.294 e. The number of ketones is 1. The van der Waals surface area contributed by atoms with Crippen LogP contribution in [0.3, 0.4) is 0 Å². The van der Waals surface area contributed by atoms with Crippen LogP contribution in [0.25, 0.3) is 0 Å². The maximum atomic E-state index is 12.5. The SMILES string of the molecule is CS(=O)(=O)C1CCCC(C(=O)c2ccc(Cl)cc2Br)C1. The van der Waals surface area contributed by atoms with Gasteiger partial charge < -0.3 is 0 Å². The van der Waals surface area contributed by atoms with E-state index in [1.54, 1.807) is 18.2 Å². The van der Waals surface area contributed by atoms with Gasteiger partial charge in [0.15, 0.2) is 5.78 Å². The van der Waals surface area contributed by atoms with Gasteiger partial charge in [-0.05, 0) is 53.4 Å². The molecule has 0 aromatic heterocycles. The van der Waals surface area contributed by atoms with Crippen LogP contribution < -0.4 is 0 Å². The van der Waals surface area contributed by atoms with E-state index < -0.39 is 15.1 Å². The highest BCUT2D eigenvalue weighted by atomic mass is 79.9. The van der Waals surface area contributed by atoms with Crippen LogP contribution in [0.5, 0.6) is 0 Å². The molecule has 0 N–H and O–H groups in total. The number of benzene rings is 1. The molecule has 1 aromatic carbocycles. The summed E-state index contributed by atoms with van der Waals surface area (Å²) in [6.07, 6.45) is 3.86. The van der Waals surface area contributed by atoms with Crippen molar-refractivity contribution in [1.82, 2.24) is 0 Å². The topological polar surface area (TPSA) is 51.2 Å². The van der Waals surface area contributed by atoms with E-state index >= 15 is 0 Å². The zero-order valence-electron chi connectivity index (χ0n) is 11.1. The first-order chi connectivity index (χ1) is 9.29. The monoisotopic (exact) mass is 378 g/mol. The van der Waals surface area contributed by atoms with Crippen LogP contribution in [0.2, 0.25) is 5.02 Å². The molecule has 20 heavy (non-hydrogen) atoms. The second kappa shape index (κ2) is 6.16. The quantitative estimate of drug-likeness (QED) is 0.749. The number of halogens is 2. The molecule has 1 aromatic rings. The molecule has 2 atom stereocenters. The van der Waals surface area contributed by atoms with E-state index in [0.29, 0.717) is 27.9 Å². The van der Waals surface area contributed by atoms with Crippen LogP contribution in [0.4, 0.5) is 0 Å². The maximum absolute atomic E-state index is 12.5. The zero-order chi connectivity index (χ0) is 14.9. The molecule has 0 saturated heterocycles. The minimum Gasteiger partial charge on any atom is -0.294 e. The smallest absolute Gasteiger partial charge is 0.167 e. The van der Waals surface area contributed by atoms with E-state index in [1.165, 1.54) is 6.26 Å². The van der Waals surface area contributed by atoms with Gasteiger partial charge in [0.2, 0.25) is 0 Å². The first-order valence-electron chi connectivity index (χ1n) is 6.47. The van der Waals surface area contributed by atoms with Crippen molar-refractivity contribution >= 4 is 43.2 Å². The highest BCUT2D eigenvalue weighted by Gasteiger charge is 2.33. The van der Waals surface area contributed by atoms with Crippen LogP contribution >= 0.6 is 27.5 Å². The summed E-state index contributed by atoms with van der Waals surface area (Å²) in [6, 6.07) is 5.06. The lowest BCUT2D eigenvalue weighted by molar-refractivity contribution is 0.0890. The fourth-order valence-electron chi connectivity index (χ4n) is 2.68. The van der Waals surface area contributed by atoms with Gasteiger partial charge in [-0.15, -0.1) is 0 Å². The van der Waals surface area contributed by atoms with Gasteiger partial charge in [-0.25, -0.2) is 8.42 Å². The van der Waals surface area contributed by atoms with Crippen molar-refractivity contribution in [1.29, 1.82) is 0 Å². The Morgan fingerprint density at radius 1 is 1.35 bits per heavy atom. The van der Waals surface area contributed by atoms with E-state index in [9.17, 15) is 13.2 Å². The van der Waals surface area contributed by atoms with Crippen molar-refractivity contribution in [3.8, 4) is 0 Å². The lowest BCUT2D eigenvalue weighted by atomic mass is 9.83. The van der Waals surface area contributed by atoms with Crippen molar-refractivity contribution in [2.24, 2.45) is 5.92 Å². The average molecular weight is 380 g/mol. The van der Waals surface area contributed by atoms with Crippen molar-refractivity contribution in [2.75, 3.05) is 6.26 Å². The van der Waals surface area contributed by atoms with E-state index in [1.807, 2.05) is 0 Å². The fourth-order valence-corrected chi connectivity index (χ4v) is 4.74. The third-order valence-electron chi connectivity index (χ3n) is 3.80. The molecule has 110 valence electrons. The lowest BCUT2D eigenvalue weighted by Crippen LogP contribution is -2.31. The molecule has 1 aliphatic rings. The Balaban J connectivity index is 2.21. The Labute approximate surface area is 132 Å². The van der Waals surface area contributed by atoms with Crippen LogP contribution in [-0.2, 0) is 9.84 Å². The molecule has 0 spiro atoms. The highest BCUT2D eigenvalue weighted by molar-refractivity contribution is 9.10. The van der Waals surface area contributed by atoms with Gasteiger partial charge >= 0.3 is 0 Å². The number of hydrogen-bond acceptors (Lipinski definition) is 3. The normalized spacial score (nSPS) is 23.6. The summed E-state index contributed by atoms with van der Waals surface area (Å²) in [4.78, 5) is 12.5. The Kier molecular flexibility index (Phi) is 4.92. The minimum atomic E-state index is -3.08. The number of rotatable bonds is 3. The van der Waals surface area contributed by atoms with Crippen molar-refractivity contribution in [2.45, 2.75) is 30.9 Å². The number of sulfone groups is 1. The van der Waals surface area contributed by atoms with Gasteiger partial charge in [0.1, 0.15) is 9.84 Å². The van der Waals surface area contributed by atoms with Crippen molar-refractivity contribution in [3.63, 3.8) is 0 Å². The van der Waals surface area contributed by atoms with Gasteiger partial charge in [-0.1, -0.05) is 18.0 Å². The van der Waals surface area contributed by atoms with Gasteiger partial charge in [-0.2, -0.15) is 0 Å². The van der Waals surface area contributed by atoms with E-state index in [2.05, 4.69) is 15.9 Å². The number of carbonyl (C=O) groups excluding carboxylic acids is 1. The van der Waals surface area contributed by atoms with Gasteiger partial charge in [0, 0.05) is 27.2 Å². The third-order valence-corrected chi connectivity index (χ3v) is 6.33. The minimum absolute atomic E-state index is 0.00175. The molecular weight excluding hydrogens is 364 g/mol. The molecule has 6 heteroatoms. The maximum Gasteiger partial charge on any atom is 0.167 e.